The number of Topliss-reactive ketones (excluding diaryl/α,β-unsaturated/α-hetero) is 1. The van der Waals surface area contributed by atoms with E-state index in [2.05, 4.69) is 51.1 Å². The highest BCUT2D eigenvalue weighted by Gasteiger charge is 2.26. The lowest BCUT2D eigenvalue weighted by molar-refractivity contribution is 0.0860. The van der Waals surface area contributed by atoms with Gasteiger partial charge >= 0.3 is 0 Å². The van der Waals surface area contributed by atoms with Gasteiger partial charge in [0.05, 0.1) is 17.5 Å². The quantitative estimate of drug-likeness (QED) is 0.221. The van der Waals surface area contributed by atoms with Crippen LogP contribution in [-0.2, 0) is 12.3 Å². The average molecular weight is 431 g/mol. The molecule has 4 aromatic rings. The number of hydrogen-bond donors (Lipinski definition) is 2. The second-order valence-electron chi connectivity index (χ2n) is 8.53. The van der Waals surface area contributed by atoms with E-state index in [-0.39, 0.29) is 5.78 Å². The van der Waals surface area contributed by atoms with E-state index < -0.39 is 5.41 Å². The summed E-state index contributed by atoms with van der Waals surface area (Å²) in [4.78, 5) is 25.0. The monoisotopic (exact) mass is 430 g/mol. The summed E-state index contributed by atoms with van der Waals surface area (Å²) in [5, 5.41) is 0. The SMILES string of the molecule is CC(C)(C)C(=O)c1c[nH]c2ncc(-c3ccc(CNSCc4ccccc4)cc3)nc12. The van der Waals surface area contributed by atoms with Gasteiger partial charge in [0.2, 0.25) is 0 Å². The van der Waals surface area contributed by atoms with E-state index in [1.54, 1.807) is 24.3 Å². The first-order chi connectivity index (χ1) is 14.9. The van der Waals surface area contributed by atoms with Crippen LogP contribution in [0.1, 0.15) is 42.3 Å². The van der Waals surface area contributed by atoms with Gasteiger partial charge in [-0.15, -0.1) is 0 Å². The number of aromatic amines is 1. The Morgan fingerprint density at radius 1 is 1.03 bits per heavy atom. The molecule has 0 unspecified atom stereocenters. The Balaban J connectivity index is 1.44. The Morgan fingerprint density at radius 2 is 1.77 bits per heavy atom. The maximum absolute atomic E-state index is 12.8. The number of rotatable bonds is 7. The van der Waals surface area contributed by atoms with Crippen LogP contribution in [0.15, 0.2) is 67.0 Å². The van der Waals surface area contributed by atoms with Gasteiger partial charge in [-0.3, -0.25) is 9.52 Å². The molecule has 0 bridgehead atoms. The first kappa shape index (κ1) is 21.3. The van der Waals surface area contributed by atoms with Gasteiger partial charge in [0.15, 0.2) is 11.4 Å². The van der Waals surface area contributed by atoms with Crippen LogP contribution in [0.5, 0.6) is 0 Å². The molecular weight excluding hydrogens is 404 g/mol. The van der Waals surface area contributed by atoms with E-state index in [1.807, 2.05) is 39.0 Å². The number of carbonyl (C=O) groups excluding carboxylic acids is 1. The van der Waals surface area contributed by atoms with Crippen molar-refractivity contribution in [2.45, 2.75) is 33.1 Å². The molecule has 0 amide bonds. The fourth-order valence-corrected chi connectivity index (χ4v) is 3.97. The van der Waals surface area contributed by atoms with Crippen LogP contribution in [0.4, 0.5) is 0 Å². The van der Waals surface area contributed by atoms with Crippen molar-refractivity contribution < 1.29 is 4.79 Å². The molecule has 2 heterocycles. The minimum absolute atomic E-state index is 0.0552. The van der Waals surface area contributed by atoms with E-state index in [9.17, 15) is 4.79 Å². The normalized spacial score (nSPS) is 11.7. The summed E-state index contributed by atoms with van der Waals surface area (Å²) in [6, 6.07) is 18.7. The molecule has 0 aliphatic heterocycles. The molecule has 0 saturated carbocycles. The number of H-pyrrole nitrogens is 1. The largest absolute Gasteiger partial charge is 0.344 e. The number of carbonyl (C=O) groups is 1. The first-order valence-corrected chi connectivity index (χ1v) is 11.3. The Kier molecular flexibility index (Phi) is 6.20. The number of hydrogen-bond acceptors (Lipinski definition) is 5. The highest BCUT2D eigenvalue weighted by Crippen LogP contribution is 2.27. The Hall–Kier alpha value is -2.96. The van der Waals surface area contributed by atoms with Crippen molar-refractivity contribution in [1.29, 1.82) is 0 Å². The molecule has 0 fully saturated rings. The van der Waals surface area contributed by atoms with Crippen LogP contribution < -0.4 is 4.72 Å². The van der Waals surface area contributed by atoms with Gasteiger partial charge in [-0.25, -0.2) is 9.97 Å². The molecule has 5 nitrogen and oxygen atoms in total. The van der Waals surface area contributed by atoms with Crippen molar-refractivity contribution in [3.05, 3.63) is 83.7 Å². The molecule has 0 saturated heterocycles. The minimum Gasteiger partial charge on any atom is -0.344 e. The fourth-order valence-electron chi connectivity index (χ4n) is 3.24. The van der Waals surface area contributed by atoms with Crippen molar-refractivity contribution >= 4 is 28.9 Å². The second kappa shape index (κ2) is 9.04. The zero-order valence-electron chi connectivity index (χ0n) is 18.0. The zero-order valence-corrected chi connectivity index (χ0v) is 18.8. The third kappa shape index (κ3) is 5.03. The number of ketones is 1. The van der Waals surface area contributed by atoms with Crippen molar-refractivity contribution in [3.63, 3.8) is 0 Å². The molecule has 0 aliphatic rings. The summed E-state index contributed by atoms with van der Waals surface area (Å²) >= 11 is 1.70. The zero-order chi connectivity index (χ0) is 21.8. The minimum atomic E-state index is -0.472. The summed E-state index contributed by atoms with van der Waals surface area (Å²) in [7, 11) is 0. The molecule has 2 aromatic carbocycles. The lowest BCUT2D eigenvalue weighted by Crippen LogP contribution is -2.20. The van der Waals surface area contributed by atoms with Gasteiger partial charge in [0.25, 0.3) is 0 Å². The molecule has 0 spiro atoms. The molecule has 2 aromatic heterocycles. The molecular formula is C25H26N4OS. The molecule has 2 N–H and O–H groups in total. The van der Waals surface area contributed by atoms with Gasteiger partial charge in [0.1, 0.15) is 5.52 Å². The lowest BCUT2D eigenvalue weighted by atomic mass is 9.87. The van der Waals surface area contributed by atoms with Crippen LogP contribution in [-0.4, -0.2) is 20.7 Å². The van der Waals surface area contributed by atoms with Crippen LogP contribution in [0, 0.1) is 5.41 Å². The molecule has 0 atom stereocenters. The summed E-state index contributed by atoms with van der Waals surface area (Å²) in [5.41, 5.74) is 5.61. The van der Waals surface area contributed by atoms with Gasteiger partial charge in [0, 0.05) is 29.5 Å². The number of fused-ring (bicyclic) bond motifs is 1. The van der Waals surface area contributed by atoms with Crippen molar-refractivity contribution in [2.75, 3.05) is 0 Å². The molecule has 6 heteroatoms. The maximum atomic E-state index is 12.8. The Bertz CT molecular complexity index is 1180. The summed E-state index contributed by atoms with van der Waals surface area (Å²) in [6.45, 7) is 6.52. The van der Waals surface area contributed by atoms with E-state index in [4.69, 9.17) is 4.98 Å². The van der Waals surface area contributed by atoms with Crippen LogP contribution in [0.3, 0.4) is 0 Å². The number of benzene rings is 2. The highest BCUT2D eigenvalue weighted by atomic mass is 32.2. The average Bonchev–Trinajstić information content (AvgIpc) is 3.20. The standard InChI is InChI=1S/C25H26N4OS/c1-25(2,3)23(30)20-14-26-24-22(20)29-21(15-27-24)19-11-9-17(10-12-19)13-28-31-16-18-7-5-4-6-8-18/h4-12,14-15,28H,13,16H2,1-3H3,(H,26,27). The summed E-state index contributed by atoms with van der Waals surface area (Å²) in [5.74, 6) is 0.987. The predicted octanol–water partition coefficient (Wildman–Crippen LogP) is 5.79. The molecule has 0 aliphatic carbocycles. The second-order valence-corrected chi connectivity index (χ2v) is 9.39. The van der Waals surface area contributed by atoms with Crippen molar-refractivity contribution in [1.82, 2.24) is 19.7 Å². The van der Waals surface area contributed by atoms with E-state index in [0.29, 0.717) is 16.7 Å². The topological polar surface area (TPSA) is 70.7 Å². The Morgan fingerprint density at radius 3 is 2.48 bits per heavy atom. The predicted molar refractivity (Wildman–Crippen MR) is 128 cm³/mol. The van der Waals surface area contributed by atoms with Crippen LogP contribution in [0.25, 0.3) is 22.4 Å². The van der Waals surface area contributed by atoms with Crippen molar-refractivity contribution in [3.8, 4) is 11.3 Å². The smallest absolute Gasteiger partial charge is 0.171 e. The maximum Gasteiger partial charge on any atom is 0.171 e. The molecule has 158 valence electrons. The van der Waals surface area contributed by atoms with Gasteiger partial charge in [-0.05, 0) is 11.1 Å². The lowest BCUT2D eigenvalue weighted by Gasteiger charge is -2.15. The van der Waals surface area contributed by atoms with Crippen LogP contribution >= 0.6 is 11.9 Å². The summed E-state index contributed by atoms with van der Waals surface area (Å²) < 4.78 is 3.41. The number of nitrogens with one attached hydrogen (secondary N) is 2. The highest BCUT2D eigenvalue weighted by molar-refractivity contribution is 7.96. The van der Waals surface area contributed by atoms with Gasteiger partial charge in [-0.1, -0.05) is 87.3 Å². The van der Waals surface area contributed by atoms with Crippen LogP contribution in [0.2, 0.25) is 0 Å². The molecule has 4 rings (SSSR count). The molecule has 31 heavy (non-hydrogen) atoms. The third-order valence-electron chi connectivity index (χ3n) is 5.02. The van der Waals surface area contributed by atoms with E-state index in [0.717, 1.165) is 23.6 Å². The van der Waals surface area contributed by atoms with Gasteiger partial charge in [-0.2, -0.15) is 0 Å². The van der Waals surface area contributed by atoms with Gasteiger partial charge < -0.3 is 4.98 Å². The fraction of sp³-hybridized carbons (Fsp3) is 0.240. The van der Waals surface area contributed by atoms with E-state index >= 15 is 0 Å². The van der Waals surface area contributed by atoms with E-state index in [1.165, 1.54) is 11.1 Å². The third-order valence-corrected chi connectivity index (χ3v) is 5.84. The number of nitrogens with zero attached hydrogens (tertiary/aromatic N) is 2. The Labute approximate surface area is 186 Å². The summed E-state index contributed by atoms with van der Waals surface area (Å²) in [6.07, 6.45) is 3.46. The first-order valence-electron chi connectivity index (χ1n) is 10.3. The molecule has 0 radical (unpaired) electrons. The van der Waals surface area contributed by atoms with Crippen molar-refractivity contribution in [2.24, 2.45) is 5.41 Å². The number of aromatic nitrogens is 3.